The number of morpholine rings is 1. The third-order valence-corrected chi connectivity index (χ3v) is 2.88. The first-order valence-corrected chi connectivity index (χ1v) is 5.68. The molecule has 0 unspecified atom stereocenters. The normalized spacial score (nSPS) is 31.8. The predicted octanol–water partition coefficient (Wildman–Crippen LogP) is 2.28. The summed E-state index contributed by atoms with van der Waals surface area (Å²) in [6.07, 6.45) is 1.40. The first-order valence-electron chi connectivity index (χ1n) is 5.68. The van der Waals surface area contributed by atoms with Crippen LogP contribution in [0.15, 0.2) is 16.5 Å². The van der Waals surface area contributed by atoms with Crippen LogP contribution in [0.2, 0.25) is 0 Å². The van der Waals surface area contributed by atoms with Crippen molar-refractivity contribution in [2.75, 3.05) is 6.54 Å². The molecule has 0 amide bonds. The molecular weight excluding hydrogens is 190 g/mol. The third-order valence-electron chi connectivity index (χ3n) is 2.88. The zero-order chi connectivity index (χ0) is 10.8. The van der Waals surface area contributed by atoms with Gasteiger partial charge in [0.2, 0.25) is 0 Å². The summed E-state index contributed by atoms with van der Waals surface area (Å²) >= 11 is 0. The van der Waals surface area contributed by atoms with E-state index in [-0.39, 0.29) is 18.2 Å². The van der Waals surface area contributed by atoms with Crippen LogP contribution in [0.1, 0.15) is 38.3 Å². The number of hydrogen-bond acceptors (Lipinski definition) is 3. The molecule has 1 N–H and O–H groups in total. The maximum absolute atomic E-state index is 5.77. The summed E-state index contributed by atoms with van der Waals surface area (Å²) in [5, 5.41) is 3.45. The van der Waals surface area contributed by atoms with Crippen molar-refractivity contribution < 1.29 is 9.15 Å². The maximum atomic E-state index is 5.77. The van der Waals surface area contributed by atoms with E-state index < -0.39 is 0 Å². The minimum absolute atomic E-state index is 0.171. The van der Waals surface area contributed by atoms with E-state index in [0.29, 0.717) is 0 Å². The van der Waals surface area contributed by atoms with E-state index >= 15 is 0 Å². The van der Waals surface area contributed by atoms with Crippen molar-refractivity contribution in [2.45, 2.75) is 45.4 Å². The average Bonchev–Trinajstić information content (AvgIpc) is 2.66. The van der Waals surface area contributed by atoms with E-state index in [1.54, 1.807) is 0 Å². The number of rotatable bonds is 2. The Balaban J connectivity index is 2.09. The molecule has 1 fully saturated rings. The van der Waals surface area contributed by atoms with Gasteiger partial charge in [-0.3, -0.25) is 0 Å². The van der Waals surface area contributed by atoms with Gasteiger partial charge in [-0.15, -0.1) is 0 Å². The number of ether oxygens (including phenoxy) is 1. The van der Waals surface area contributed by atoms with Crippen LogP contribution in [0.25, 0.3) is 0 Å². The maximum Gasteiger partial charge on any atom is 0.123 e. The van der Waals surface area contributed by atoms with Crippen LogP contribution in [-0.2, 0) is 11.2 Å². The van der Waals surface area contributed by atoms with Crippen LogP contribution >= 0.6 is 0 Å². The van der Waals surface area contributed by atoms with E-state index in [4.69, 9.17) is 9.15 Å². The molecule has 2 heterocycles. The fraction of sp³-hybridized carbons (Fsp3) is 0.667. The quantitative estimate of drug-likeness (QED) is 0.811. The zero-order valence-electron chi connectivity index (χ0n) is 9.62. The van der Waals surface area contributed by atoms with Gasteiger partial charge >= 0.3 is 0 Å². The molecule has 84 valence electrons. The molecule has 0 aromatic carbocycles. The molecule has 0 saturated carbocycles. The molecule has 0 aliphatic carbocycles. The molecule has 0 bridgehead atoms. The smallest absolute Gasteiger partial charge is 0.123 e. The summed E-state index contributed by atoms with van der Waals surface area (Å²) in [4.78, 5) is 0. The fourth-order valence-electron chi connectivity index (χ4n) is 2.04. The molecule has 2 rings (SSSR count). The van der Waals surface area contributed by atoms with Gasteiger partial charge in [0, 0.05) is 13.0 Å². The molecule has 0 spiro atoms. The monoisotopic (exact) mass is 209 g/mol. The van der Waals surface area contributed by atoms with Crippen molar-refractivity contribution in [3.63, 3.8) is 0 Å². The van der Waals surface area contributed by atoms with E-state index in [9.17, 15) is 0 Å². The molecule has 3 atom stereocenters. The molecule has 1 aromatic heterocycles. The average molecular weight is 209 g/mol. The molecular formula is C12H19NO2. The predicted molar refractivity (Wildman–Crippen MR) is 58.8 cm³/mol. The van der Waals surface area contributed by atoms with Gasteiger partial charge < -0.3 is 14.5 Å². The Morgan fingerprint density at radius 2 is 2.20 bits per heavy atom. The molecule has 3 nitrogen and oxygen atoms in total. The van der Waals surface area contributed by atoms with Gasteiger partial charge in [-0.1, -0.05) is 6.92 Å². The van der Waals surface area contributed by atoms with Crippen LogP contribution in [0.4, 0.5) is 0 Å². The molecule has 3 heteroatoms. The summed E-state index contributed by atoms with van der Waals surface area (Å²) in [5.41, 5.74) is 0. The van der Waals surface area contributed by atoms with E-state index in [2.05, 4.69) is 26.1 Å². The molecule has 1 saturated heterocycles. The van der Waals surface area contributed by atoms with Crippen molar-refractivity contribution >= 4 is 0 Å². The number of nitrogens with one attached hydrogen (secondary N) is 1. The van der Waals surface area contributed by atoms with Gasteiger partial charge in [0.25, 0.3) is 0 Å². The van der Waals surface area contributed by atoms with Crippen molar-refractivity contribution in [3.05, 3.63) is 23.7 Å². The summed E-state index contributed by atoms with van der Waals surface area (Å²) in [7, 11) is 0. The lowest BCUT2D eigenvalue weighted by Gasteiger charge is -2.33. The molecule has 15 heavy (non-hydrogen) atoms. The SMILES string of the molecule is CCc1ccc([C@@H]2NC[C@@H](C)O[C@H]2C)o1. The minimum Gasteiger partial charge on any atom is -0.464 e. The fourth-order valence-corrected chi connectivity index (χ4v) is 2.04. The Morgan fingerprint density at radius 3 is 2.80 bits per heavy atom. The van der Waals surface area contributed by atoms with Gasteiger partial charge in [-0.2, -0.15) is 0 Å². The zero-order valence-corrected chi connectivity index (χ0v) is 9.62. The third kappa shape index (κ3) is 2.24. The van der Waals surface area contributed by atoms with Gasteiger partial charge in [-0.05, 0) is 26.0 Å². The Bertz CT molecular complexity index is 321. The molecule has 1 aromatic rings. The van der Waals surface area contributed by atoms with Gasteiger partial charge in [0.15, 0.2) is 0 Å². The second-order valence-electron chi connectivity index (χ2n) is 4.20. The topological polar surface area (TPSA) is 34.4 Å². The Kier molecular flexibility index (Phi) is 3.12. The first kappa shape index (κ1) is 10.7. The van der Waals surface area contributed by atoms with Crippen LogP contribution in [0.5, 0.6) is 0 Å². The summed E-state index contributed by atoms with van der Waals surface area (Å²) in [6.45, 7) is 7.15. The summed E-state index contributed by atoms with van der Waals surface area (Å²) in [5.74, 6) is 2.03. The highest BCUT2D eigenvalue weighted by molar-refractivity contribution is 5.12. The Labute approximate surface area is 90.8 Å². The highest BCUT2D eigenvalue weighted by Crippen LogP contribution is 2.25. The number of aryl methyl sites for hydroxylation is 1. The lowest BCUT2D eigenvalue weighted by atomic mass is 10.1. The number of furan rings is 1. The highest BCUT2D eigenvalue weighted by Gasteiger charge is 2.28. The highest BCUT2D eigenvalue weighted by atomic mass is 16.5. The van der Waals surface area contributed by atoms with E-state index in [0.717, 1.165) is 24.5 Å². The lowest BCUT2D eigenvalue weighted by Crippen LogP contribution is -2.44. The van der Waals surface area contributed by atoms with Crippen molar-refractivity contribution in [2.24, 2.45) is 0 Å². The second-order valence-corrected chi connectivity index (χ2v) is 4.20. The first-order chi connectivity index (χ1) is 7.20. The van der Waals surface area contributed by atoms with Crippen LogP contribution in [-0.4, -0.2) is 18.8 Å². The molecule has 1 aliphatic rings. The standard InChI is InChI=1S/C12H19NO2/c1-4-10-5-6-11(15-10)12-9(3)14-8(2)7-13-12/h5-6,8-9,12-13H,4,7H2,1-3H3/t8-,9+,12-/m1/s1. The lowest BCUT2D eigenvalue weighted by molar-refractivity contribution is -0.0491. The van der Waals surface area contributed by atoms with Crippen LogP contribution in [0, 0.1) is 0 Å². The summed E-state index contributed by atoms with van der Waals surface area (Å²) < 4.78 is 11.5. The van der Waals surface area contributed by atoms with E-state index in [1.165, 1.54) is 0 Å². The molecule has 0 radical (unpaired) electrons. The van der Waals surface area contributed by atoms with Gasteiger partial charge in [-0.25, -0.2) is 0 Å². The van der Waals surface area contributed by atoms with E-state index in [1.807, 2.05) is 12.1 Å². The van der Waals surface area contributed by atoms with Crippen molar-refractivity contribution in [1.29, 1.82) is 0 Å². The van der Waals surface area contributed by atoms with Gasteiger partial charge in [0.1, 0.15) is 11.5 Å². The summed E-state index contributed by atoms with van der Waals surface area (Å²) in [6, 6.07) is 4.29. The van der Waals surface area contributed by atoms with Crippen molar-refractivity contribution in [3.8, 4) is 0 Å². The number of hydrogen-bond donors (Lipinski definition) is 1. The van der Waals surface area contributed by atoms with Gasteiger partial charge in [0.05, 0.1) is 18.2 Å². The second kappa shape index (κ2) is 4.37. The van der Waals surface area contributed by atoms with Crippen LogP contribution < -0.4 is 5.32 Å². The Hall–Kier alpha value is -0.800. The molecule has 1 aliphatic heterocycles. The van der Waals surface area contributed by atoms with Crippen LogP contribution in [0.3, 0.4) is 0 Å². The minimum atomic E-state index is 0.171. The van der Waals surface area contributed by atoms with Crippen molar-refractivity contribution in [1.82, 2.24) is 5.32 Å². The largest absolute Gasteiger partial charge is 0.464 e. The Morgan fingerprint density at radius 1 is 1.40 bits per heavy atom.